The summed E-state index contributed by atoms with van der Waals surface area (Å²) in [5, 5.41) is 3.20. The molecule has 128 valence electrons. The molecule has 0 aliphatic carbocycles. The molecule has 2 aromatic heterocycles. The lowest BCUT2D eigenvalue weighted by Crippen LogP contribution is -2.26. The number of nitrogens with two attached hydrogens (primary N) is 2. The summed E-state index contributed by atoms with van der Waals surface area (Å²) in [4.78, 5) is 18.6. The van der Waals surface area contributed by atoms with Crippen molar-refractivity contribution in [3.63, 3.8) is 0 Å². The van der Waals surface area contributed by atoms with Gasteiger partial charge in [-0.25, -0.2) is 9.97 Å². The number of likely N-dealkylation sites (N-methyl/N-ethyl adjacent to an activating group) is 1. The summed E-state index contributed by atoms with van der Waals surface area (Å²) < 4.78 is 0. The fraction of sp³-hybridized carbons (Fsp3) is 0.176. The van der Waals surface area contributed by atoms with Gasteiger partial charge in [-0.15, -0.1) is 0 Å². The molecule has 0 unspecified atom stereocenters. The molecule has 5 N–H and O–H groups in total. The largest absolute Gasteiger partial charge is 0.368 e. The predicted molar refractivity (Wildman–Crippen MR) is 100 cm³/mol. The minimum atomic E-state index is 0.245. The molecule has 0 spiro atoms. The van der Waals surface area contributed by atoms with E-state index in [0.29, 0.717) is 18.9 Å². The van der Waals surface area contributed by atoms with Crippen molar-refractivity contribution < 1.29 is 0 Å². The van der Waals surface area contributed by atoms with E-state index in [1.807, 2.05) is 48.3 Å². The zero-order valence-electron chi connectivity index (χ0n) is 13.9. The zero-order chi connectivity index (χ0) is 17.6. The van der Waals surface area contributed by atoms with Crippen LogP contribution in [0.4, 0.5) is 23.5 Å². The lowest BCUT2D eigenvalue weighted by molar-refractivity contribution is 0.886. The van der Waals surface area contributed by atoms with Crippen LogP contribution in [0.15, 0.2) is 48.7 Å². The van der Waals surface area contributed by atoms with Crippen molar-refractivity contribution in [2.75, 3.05) is 41.8 Å². The standard InChI is InChI=1S/C17H20N8/c1-25(10-9-20-14-7-8-21-16(18)23-14)15-11-13(22-17(19)24-15)12-5-3-2-4-6-12/h2-8,11H,9-10H2,1H3,(H2,19,22,24)(H3,18,20,21,23). The molecule has 0 aliphatic heterocycles. The molecule has 0 radical (unpaired) electrons. The second-order valence-corrected chi connectivity index (χ2v) is 5.48. The Balaban J connectivity index is 1.67. The summed E-state index contributed by atoms with van der Waals surface area (Å²) in [5.41, 5.74) is 13.2. The molecule has 25 heavy (non-hydrogen) atoms. The Morgan fingerprint density at radius 1 is 1.00 bits per heavy atom. The van der Waals surface area contributed by atoms with Gasteiger partial charge in [0.15, 0.2) is 0 Å². The highest BCUT2D eigenvalue weighted by Crippen LogP contribution is 2.21. The highest BCUT2D eigenvalue weighted by atomic mass is 15.2. The van der Waals surface area contributed by atoms with Crippen LogP contribution in [-0.2, 0) is 0 Å². The van der Waals surface area contributed by atoms with E-state index in [2.05, 4.69) is 25.3 Å². The Bertz CT molecular complexity index is 837. The minimum absolute atomic E-state index is 0.245. The third-order valence-corrected chi connectivity index (χ3v) is 3.62. The molecule has 3 rings (SSSR count). The van der Waals surface area contributed by atoms with Crippen molar-refractivity contribution in [1.29, 1.82) is 0 Å². The molecule has 0 fully saturated rings. The molecule has 0 saturated carbocycles. The Kier molecular flexibility index (Phi) is 4.89. The molecule has 0 aliphatic rings. The van der Waals surface area contributed by atoms with Crippen LogP contribution >= 0.6 is 0 Å². The molecular formula is C17H20N8. The second-order valence-electron chi connectivity index (χ2n) is 5.48. The van der Waals surface area contributed by atoms with Gasteiger partial charge in [0.2, 0.25) is 11.9 Å². The number of aromatic nitrogens is 4. The number of hydrogen-bond donors (Lipinski definition) is 3. The molecule has 3 aromatic rings. The molecule has 0 bridgehead atoms. The number of hydrogen-bond acceptors (Lipinski definition) is 8. The smallest absolute Gasteiger partial charge is 0.222 e. The van der Waals surface area contributed by atoms with Crippen molar-refractivity contribution >= 4 is 23.5 Å². The summed E-state index contributed by atoms with van der Waals surface area (Å²) in [6, 6.07) is 13.6. The van der Waals surface area contributed by atoms with Crippen molar-refractivity contribution in [3.8, 4) is 11.3 Å². The fourth-order valence-electron chi connectivity index (χ4n) is 2.34. The molecule has 8 heteroatoms. The van der Waals surface area contributed by atoms with Crippen LogP contribution in [0.5, 0.6) is 0 Å². The maximum Gasteiger partial charge on any atom is 0.222 e. The van der Waals surface area contributed by atoms with Crippen LogP contribution < -0.4 is 21.7 Å². The molecule has 0 amide bonds. The highest BCUT2D eigenvalue weighted by Gasteiger charge is 2.08. The van der Waals surface area contributed by atoms with Crippen molar-refractivity contribution in [1.82, 2.24) is 19.9 Å². The Labute approximate surface area is 146 Å². The fourth-order valence-corrected chi connectivity index (χ4v) is 2.34. The predicted octanol–water partition coefficient (Wildman–Crippen LogP) is 1.65. The summed E-state index contributed by atoms with van der Waals surface area (Å²) >= 11 is 0. The lowest BCUT2D eigenvalue weighted by atomic mass is 10.1. The first kappa shape index (κ1) is 16.4. The van der Waals surface area contributed by atoms with Crippen LogP contribution in [0.2, 0.25) is 0 Å². The Morgan fingerprint density at radius 3 is 2.56 bits per heavy atom. The van der Waals surface area contributed by atoms with Crippen LogP contribution in [0.1, 0.15) is 0 Å². The van der Waals surface area contributed by atoms with Crippen LogP contribution in [0.3, 0.4) is 0 Å². The molecule has 8 nitrogen and oxygen atoms in total. The number of nitrogen functional groups attached to an aromatic ring is 2. The maximum atomic E-state index is 5.88. The zero-order valence-corrected chi connectivity index (χ0v) is 13.9. The number of anilines is 4. The third kappa shape index (κ3) is 4.31. The average Bonchev–Trinajstić information content (AvgIpc) is 2.62. The average molecular weight is 336 g/mol. The molecule has 0 atom stereocenters. The van der Waals surface area contributed by atoms with Crippen molar-refractivity contribution in [3.05, 3.63) is 48.7 Å². The lowest BCUT2D eigenvalue weighted by Gasteiger charge is -2.19. The van der Waals surface area contributed by atoms with Crippen LogP contribution in [-0.4, -0.2) is 40.1 Å². The third-order valence-electron chi connectivity index (χ3n) is 3.62. The van der Waals surface area contributed by atoms with E-state index in [-0.39, 0.29) is 11.9 Å². The summed E-state index contributed by atoms with van der Waals surface area (Å²) in [6.07, 6.45) is 1.62. The quantitative estimate of drug-likeness (QED) is 0.621. The van der Waals surface area contributed by atoms with Gasteiger partial charge in [-0.2, -0.15) is 9.97 Å². The van der Waals surface area contributed by atoms with E-state index >= 15 is 0 Å². The minimum Gasteiger partial charge on any atom is -0.368 e. The second kappa shape index (κ2) is 7.43. The number of nitrogens with one attached hydrogen (secondary N) is 1. The van der Waals surface area contributed by atoms with Gasteiger partial charge in [0, 0.05) is 38.0 Å². The molecule has 1 aromatic carbocycles. The highest BCUT2D eigenvalue weighted by molar-refractivity contribution is 5.64. The number of benzene rings is 1. The summed E-state index contributed by atoms with van der Waals surface area (Å²) in [7, 11) is 1.95. The number of rotatable bonds is 6. The Morgan fingerprint density at radius 2 is 1.80 bits per heavy atom. The monoisotopic (exact) mass is 336 g/mol. The van der Waals surface area contributed by atoms with E-state index < -0.39 is 0 Å². The van der Waals surface area contributed by atoms with Crippen LogP contribution in [0, 0.1) is 0 Å². The van der Waals surface area contributed by atoms with Crippen molar-refractivity contribution in [2.45, 2.75) is 0 Å². The van der Waals surface area contributed by atoms with Crippen LogP contribution in [0.25, 0.3) is 11.3 Å². The van der Waals surface area contributed by atoms with Gasteiger partial charge in [0.1, 0.15) is 11.6 Å². The van der Waals surface area contributed by atoms with E-state index in [0.717, 1.165) is 17.1 Å². The molecular weight excluding hydrogens is 316 g/mol. The van der Waals surface area contributed by atoms with Gasteiger partial charge in [-0.1, -0.05) is 30.3 Å². The van der Waals surface area contributed by atoms with Gasteiger partial charge in [0.05, 0.1) is 5.69 Å². The summed E-state index contributed by atoms with van der Waals surface area (Å²) in [6.45, 7) is 1.37. The van der Waals surface area contributed by atoms with Crippen molar-refractivity contribution in [2.24, 2.45) is 0 Å². The SMILES string of the molecule is CN(CCNc1ccnc(N)n1)c1cc(-c2ccccc2)nc(N)n1. The first-order valence-corrected chi connectivity index (χ1v) is 7.85. The molecule has 2 heterocycles. The van der Waals surface area contributed by atoms with E-state index in [1.165, 1.54) is 0 Å². The van der Waals surface area contributed by atoms with E-state index in [9.17, 15) is 0 Å². The van der Waals surface area contributed by atoms with Gasteiger partial charge in [-0.05, 0) is 6.07 Å². The maximum absolute atomic E-state index is 5.88. The van der Waals surface area contributed by atoms with Gasteiger partial charge < -0.3 is 21.7 Å². The normalized spacial score (nSPS) is 10.4. The van der Waals surface area contributed by atoms with Gasteiger partial charge >= 0.3 is 0 Å². The summed E-state index contributed by atoms with van der Waals surface area (Å²) in [5.74, 6) is 1.94. The topological polar surface area (TPSA) is 119 Å². The molecule has 0 saturated heterocycles. The Hall–Kier alpha value is -3.42. The number of nitrogens with zero attached hydrogens (tertiary/aromatic N) is 5. The van der Waals surface area contributed by atoms with Gasteiger partial charge in [0.25, 0.3) is 0 Å². The first-order valence-electron chi connectivity index (χ1n) is 7.85. The van der Waals surface area contributed by atoms with E-state index in [1.54, 1.807) is 12.3 Å². The first-order chi connectivity index (χ1) is 12.1. The van der Waals surface area contributed by atoms with E-state index in [4.69, 9.17) is 11.5 Å². The van der Waals surface area contributed by atoms with Gasteiger partial charge in [-0.3, -0.25) is 0 Å².